The van der Waals surface area contributed by atoms with E-state index in [1.807, 2.05) is 5.38 Å². The molecule has 1 amide bonds. The van der Waals surface area contributed by atoms with Crippen LogP contribution in [-0.4, -0.2) is 37.7 Å². The summed E-state index contributed by atoms with van der Waals surface area (Å²) in [7, 11) is 1.68. The summed E-state index contributed by atoms with van der Waals surface area (Å²) < 4.78 is 5.00. The molecule has 118 valence electrons. The van der Waals surface area contributed by atoms with Gasteiger partial charge in [0.1, 0.15) is 0 Å². The molecule has 0 spiro atoms. The lowest BCUT2D eigenvalue weighted by Gasteiger charge is -2.04. The third kappa shape index (κ3) is 5.13. The van der Waals surface area contributed by atoms with Gasteiger partial charge >= 0.3 is 0 Å². The van der Waals surface area contributed by atoms with Crippen LogP contribution in [0.2, 0.25) is 0 Å². The first-order valence-electron chi connectivity index (χ1n) is 7.21. The molecule has 1 aromatic heterocycles. The molecule has 0 saturated carbocycles. The van der Waals surface area contributed by atoms with Crippen molar-refractivity contribution >= 4 is 22.4 Å². The first kappa shape index (κ1) is 16.5. The summed E-state index contributed by atoms with van der Waals surface area (Å²) in [4.78, 5) is 15.4. The van der Waals surface area contributed by atoms with E-state index in [0.717, 1.165) is 29.4 Å². The van der Waals surface area contributed by atoms with Crippen LogP contribution in [0.3, 0.4) is 0 Å². The van der Waals surface area contributed by atoms with Gasteiger partial charge in [-0.25, -0.2) is 4.98 Å². The van der Waals surface area contributed by atoms with Crippen LogP contribution in [0.25, 0.3) is 11.3 Å². The number of aromatic nitrogens is 1. The van der Waals surface area contributed by atoms with Crippen molar-refractivity contribution in [1.82, 2.24) is 10.3 Å². The van der Waals surface area contributed by atoms with Gasteiger partial charge in [0, 0.05) is 38.1 Å². The van der Waals surface area contributed by atoms with Crippen molar-refractivity contribution in [1.29, 1.82) is 0 Å². The van der Waals surface area contributed by atoms with Gasteiger partial charge < -0.3 is 15.4 Å². The number of amides is 1. The fourth-order valence-electron chi connectivity index (χ4n) is 1.97. The topological polar surface area (TPSA) is 63.2 Å². The van der Waals surface area contributed by atoms with Gasteiger partial charge in [0.15, 0.2) is 5.13 Å². The lowest BCUT2D eigenvalue weighted by Crippen LogP contribution is -2.22. The molecule has 6 heteroatoms. The van der Waals surface area contributed by atoms with E-state index in [1.54, 1.807) is 18.4 Å². The Hall–Kier alpha value is -1.92. The summed E-state index contributed by atoms with van der Waals surface area (Å²) in [5.41, 5.74) is 3.27. The molecule has 0 aliphatic heterocycles. The zero-order valence-electron chi connectivity index (χ0n) is 12.9. The SMILES string of the molecule is COCCNc1nc(-c2ccc(CCNC(C)=O)cc2)cs1. The average Bonchev–Trinajstić information content (AvgIpc) is 2.97. The average molecular weight is 319 g/mol. The Bertz CT molecular complexity index is 596. The molecule has 2 aromatic rings. The van der Waals surface area contributed by atoms with Crippen molar-refractivity contribution < 1.29 is 9.53 Å². The largest absolute Gasteiger partial charge is 0.383 e. The van der Waals surface area contributed by atoms with Gasteiger partial charge in [-0.15, -0.1) is 11.3 Å². The summed E-state index contributed by atoms with van der Waals surface area (Å²) >= 11 is 1.59. The van der Waals surface area contributed by atoms with E-state index >= 15 is 0 Å². The minimum atomic E-state index is 0.00703. The minimum absolute atomic E-state index is 0.00703. The van der Waals surface area contributed by atoms with Crippen molar-refractivity contribution in [2.45, 2.75) is 13.3 Å². The van der Waals surface area contributed by atoms with Crippen molar-refractivity contribution in [3.8, 4) is 11.3 Å². The molecule has 0 aliphatic carbocycles. The summed E-state index contributed by atoms with van der Waals surface area (Å²) in [5, 5.41) is 8.98. The Morgan fingerprint density at radius 3 is 2.73 bits per heavy atom. The second-order valence-electron chi connectivity index (χ2n) is 4.89. The molecule has 1 aromatic carbocycles. The number of carbonyl (C=O) groups is 1. The second kappa shape index (κ2) is 8.51. The van der Waals surface area contributed by atoms with Gasteiger partial charge in [0.2, 0.25) is 5.91 Å². The van der Waals surface area contributed by atoms with Gasteiger partial charge in [-0.05, 0) is 12.0 Å². The van der Waals surface area contributed by atoms with Gasteiger partial charge in [-0.1, -0.05) is 24.3 Å². The maximum absolute atomic E-state index is 10.8. The number of nitrogens with one attached hydrogen (secondary N) is 2. The first-order chi connectivity index (χ1) is 10.7. The van der Waals surface area contributed by atoms with Crippen LogP contribution < -0.4 is 10.6 Å². The number of nitrogens with zero attached hydrogens (tertiary/aromatic N) is 1. The standard InChI is InChI=1S/C16H21N3O2S/c1-12(20)17-8-7-13-3-5-14(6-4-13)15-11-22-16(19-15)18-9-10-21-2/h3-6,11H,7-10H2,1-2H3,(H,17,20)(H,18,19). The van der Waals surface area contributed by atoms with E-state index in [1.165, 1.54) is 12.5 Å². The van der Waals surface area contributed by atoms with E-state index in [-0.39, 0.29) is 5.91 Å². The number of carbonyl (C=O) groups excluding carboxylic acids is 1. The molecule has 2 N–H and O–H groups in total. The van der Waals surface area contributed by atoms with Crippen LogP contribution in [0, 0.1) is 0 Å². The molecule has 2 rings (SSSR count). The summed E-state index contributed by atoms with van der Waals surface area (Å²) in [6, 6.07) is 8.29. The highest BCUT2D eigenvalue weighted by Crippen LogP contribution is 2.25. The van der Waals surface area contributed by atoms with E-state index in [2.05, 4.69) is 39.9 Å². The first-order valence-corrected chi connectivity index (χ1v) is 8.09. The lowest BCUT2D eigenvalue weighted by atomic mass is 10.1. The Balaban J connectivity index is 1.91. The van der Waals surface area contributed by atoms with E-state index in [0.29, 0.717) is 13.2 Å². The van der Waals surface area contributed by atoms with Crippen molar-refractivity contribution in [3.63, 3.8) is 0 Å². The van der Waals surface area contributed by atoms with E-state index in [4.69, 9.17) is 4.74 Å². The number of anilines is 1. The van der Waals surface area contributed by atoms with Crippen molar-refractivity contribution in [2.24, 2.45) is 0 Å². The molecule has 0 aliphatic rings. The molecule has 0 unspecified atom stereocenters. The molecule has 0 fully saturated rings. The number of ether oxygens (including phenoxy) is 1. The predicted molar refractivity (Wildman–Crippen MR) is 90.3 cm³/mol. The molecule has 0 atom stereocenters. The number of rotatable bonds is 8. The Morgan fingerprint density at radius 2 is 2.05 bits per heavy atom. The maximum atomic E-state index is 10.8. The zero-order chi connectivity index (χ0) is 15.8. The fraction of sp³-hybridized carbons (Fsp3) is 0.375. The maximum Gasteiger partial charge on any atom is 0.216 e. The van der Waals surface area contributed by atoms with Crippen LogP contribution in [0.1, 0.15) is 12.5 Å². The van der Waals surface area contributed by atoms with Crippen LogP contribution in [0.4, 0.5) is 5.13 Å². The van der Waals surface area contributed by atoms with Gasteiger partial charge in [0.25, 0.3) is 0 Å². The van der Waals surface area contributed by atoms with E-state index in [9.17, 15) is 4.79 Å². The lowest BCUT2D eigenvalue weighted by molar-refractivity contribution is -0.118. The molecular formula is C16H21N3O2S. The minimum Gasteiger partial charge on any atom is -0.383 e. The number of hydrogen-bond donors (Lipinski definition) is 2. The normalized spacial score (nSPS) is 10.5. The number of hydrogen-bond acceptors (Lipinski definition) is 5. The van der Waals surface area contributed by atoms with Crippen molar-refractivity contribution in [2.75, 3.05) is 32.1 Å². The summed E-state index contributed by atoms with van der Waals surface area (Å²) in [5.74, 6) is 0.00703. The van der Waals surface area contributed by atoms with Gasteiger partial charge in [-0.3, -0.25) is 4.79 Å². The zero-order valence-corrected chi connectivity index (χ0v) is 13.7. The molecule has 0 radical (unpaired) electrons. The van der Waals surface area contributed by atoms with Gasteiger partial charge in [0.05, 0.1) is 12.3 Å². The highest BCUT2D eigenvalue weighted by atomic mass is 32.1. The number of methoxy groups -OCH3 is 1. The monoisotopic (exact) mass is 319 g/mol. The third-order valence-corrected chi connectivity index (χ3v) is 3.92. The Morgan fingerprint density at radius 1 is 1.27 bits per heavy atom. The Kier molecular flexibility index (Phi) is 6.36. The highest BCUT2D eigenvalue weighted by Gasteiger charge is 2.04. The predicted octanol–water partition coefficient (Wildman–Crippen LogP) is 2.55. The molecule has 1 heterocycles. The number of thiazole rings is 1. The quantitative estimate of drug-likeness (QED) is 0.734. The second-order valence-corrected chi connectivity index (χ2v) is 5.75. The smallest absolute Gasteiger partial charge is 0.216 e. The summed E-state index contributed by atoms with van der Waals surface area (Å²) in [6.45, 7) is 3.62. The van der Waals surface area contributed by atoms with Crippen LogP contribution in [0.15, 0.2) is 29.6 Å². The van der Waals surface area contributed by atoms with Crippen LogP contribution >= 0.6 is 11.3 Å². The highest BCUT2D eigenvalue weighted by molar-refractivity contribution is 7.14. The molecule has 22 heavy (non-hydrogen) atoms. The molecular weight excluding hydrogens is 298 g/mol. The number of benzene rings is 1. The fourth-order valence-corrected chi connectivity index (χ4v) is 2.72. The Labute approximate surface area is 134 Å². The van der Waals surface area contributed by atoms with Crippen molar-refractivity contribution in [3.05, 3.63) is 35.2 Å². The summed E-state index contributed by atoms with van der Waals surface area (Å²) in [6.07, 6.45) is 0.834. The van der Waals surface area contributed by atoms with Crippen LogP contribution in [-0.2, 0) is 16.0 Å². The van der Waals surface area contributed by atoms with Crippen LogP contribution in [0.5, 0.6) is 0 Å². The molecule has 5 nitrogen and oxygen atoms in total. The van der Waals surface area contributed by atoms with E-state index < -0.39 is 0 Å². The molecule has 0 saturated heterocycles. The molecule has 0 bridgehead atoms. The van der Waals surface area contributed by atoms with Gasteiger partial charge in [-0.2, -0.15) is 0 Å². The third-order valence-electron chi connectivity index (χ3n) is 3.12.